The number of likely N-dealkylation sites (N-methyl/N-ethyl adjacent to an activating group) is 1. The van der Waals surface area contributed by atoms with Gasteiger partial charge in [-0.15, -0.1) is 0 Å². The zero-order valence-corrected chi connectivity index (χ0v) is 10.7. The summed E-state index contributed by atoms with van der Waals surface area (Å²) in [5, 5.41) is 5.91. The summed E-state index contributed by atoms with van der Waals surface area (Å²) < 4.78 is 0. The number of aromatic nitrogens is 1. The molecule has 0 spiro atoms. The van der Waals surface area contributed by atoms with Gasteiger partial charge in [0.2, 0.25) is 5.91 Å². The zero-order chi connectivity index (χ0) is 12.8. The van der Waals surface area contributed by atoms with Crippen molar-refractivity contribution in [1.29, 1.82) is 0 Å². The molecular weight excluding hydrogens is 228 g/mol. The number of hydrogen-bond donors (Lipinski definition) is 2. The number of pyridine rings is 1. The van der Waals surface area contributed by atoms with Crippen LogP contribution in [0.4, 0.5) is 5.69 Å². The van der Waals surface area contributed by atoms with Crippen LogP contribution in [-0.4, -0.2) is 43.6 Å². The first-order valence-electron chi connectivity index (χ1n) is 6.38. The van der Waals surface area contributed by atoms with Crippen molar-refractivity contribution in [2.75, 3.05) is 31.6 Å². The Labute approximate surface area is 108 Å². The number of carbonyl (C=O) groups excluding carboxylic acids is 1. The summed E-state index contributed by atoms with van der Waals surface area (Å²) in [7, 11) is 1.66. The maximum absolute atomic E-state index is 11.1. The molecule has 1 saturated heterocycles. The smallest absolute Gasteiger partial charge is 0.233 e. The Kier molecular flexibility index (Phi) is 4.52. The average Bonchev–Trinajstić information content (AvgIpc) is 2.46. The molecule has 5 heteroatoms. The molecule has 1 amide bonds. The fourth-order valence-corrected chi connectivity index (χ4v) is 2.22. The summed E-state index contributed by atoms with van der Waals surface area (Å²) in [5.74, 6) is 0.0477. The lowest BCUT2D eigenvalue weighted by Crippen LogP contribution is -2.45. The van der Waals surface area contributed by atoms with Crippen molar-refractivity contribution < 1.29 is 4.79 Å². The van der Waals surface area contributed by atoms with Crippen molar-refractivity contribution in [2.45, 2.75) is 18.9 Å². The van der Waals surface area contributed by atoms with E-state index in [9.17, 15) is 4.79 Å². The Bertz CT molecular complexity index is 374. The minimum Gasteiger partial charge on any atom is -0.371 e. The van der Waals surface area contributed by atoms with E-state index in [1.54, 1.807) is 7.05 Å². The second kappa shape index (κ2) is 6.35. The fraction of sp³-hybridized carbons (Fsp3) is 0.538. The topological polar surface area (TPSA) is 57.3 Å². The van der Waals surface area contributed by atoms with Crippen LogP contribution in [0.5, 0.6) is 0 Å². The van der Waals surface area contributed by atoms with Gasteiger partial charge in [0.25, 0.3) is 0 Å². The molecule has 2 rings (SSSR count). The average molecular weight is 248 g/mol. The van der Waals surface area contributed by atoms with E-state index in [4.69, 9.17) is 0 Å². The Balaban J connectivity index is 1.76. The predicted molar refractivity (Wildman–Crippen MR) is 71.5 cm³/mol. The van der Waals surface area contributed by atoms with Gasteiger partial charge in [0, 0.05) is 44.3 Å². The number of nitrogens with one attached hydrogen (secondary N) is 2. The normalized spacial score (nSPS) is 16.6. The lowest BCUT2D eigenvalue weighted by Gasteiger charge is -2.33. The maximum Gasteiger partial charge on any atom is 0.233 e. The highest BCUT2D eigenvalue weighted by molar-refractivity contribution is 5.77. The first-order valence-corrected chi connectivity index (χ1v) is 6.38. The van der Waals surface area contributed by atoms with E-state index in [0.717, 1.165) is 25.9 Å². The number of hydrogen-bond acceptors (Lipinski definition) is 4. The number of nitrogens with zero attached hydrogens (tertiary/aromatic N) is 2. The van der Waals surface area contributed by atoms with Gasteiger partial charge in [-0.1, -0.05) is 0 Å². The van der Waals surface area contributed by atoms with Gasteiger partial charge in [-0.05, 0) is 25.0 Å². The molecule has 0 atom stereocenters. The summed E-state index contributed by atoms with van der Waals surface area (Å²) in [5.41, 5.74) is 1.23. The van der Waals surface area contributed by atoms with Gasteiger partial charge in [-0.3, -0.25) is 9.78 Å². The van der Waals surface area contributed by atoms with Crippen molar-refractivity contribution in [3.63, 3.8) is 0 Å². The van der Waals surface area contributed by atoms with E-state index in [1.165, 1.54) is 5.69 Å². The second-order valence-corrected chi connectivity index (χ2v) is 4.52. The molecule has 0 aromatic carbocycles. The van der Waals surface area contributed by atoms with E-state index < -0.39 is 0 Å². The van der Waals surface area contributed by atoms with Crippen molar-refractivity contribution >= 4 is 11.6 Å². The number of carbonyl (C=O) groups is 1. The van der Waals surface area contributed by atoms with E-state index in [2.05, 4.69) is 20.5 Å². The Morgan fingerprint density at radius 3 is 2.67 bits per heavy atom. The van der Waals surface area contributed by atoms with Crippen LogP contribution in [0.1, 0.15) is 12.8 Å². The molecule has 0 radical (unpaired) electrons. The highest BCUT2D eigenvalue weighted by Crippen LogP contribution is 2.18. The molecule has 1 aromatic rings. The van der Waals surface area contributed by atoms with Crippen LogP contribution in [0.25, 0.3) is 0 Å². The first-order chi connectivity index (χ1) is 8.79. The number of rotatable bonds is 4. The summed E-state index contributed by atoms with van der Waals surface area (Å²) in [6.07, 6.45) is 5.79. The van der Waals surface area contributed by atoms with Gasteiger partial charge >= 0.3 is 0 Å². The van der Waals surface area contributed by atoms with Crippen LogP contribution >= 0.6 is 0 Å². The Morgan fingerprint density at radius 1 is 1.39 bits per heavy atom. The lowest BCUT2D eigenvalue weighted by molar-refractivity contribution is -0.119. The SMILES string of the molecule is CNC(=O)CNC1CCN(c2ccncc2)CC1. The van der Waals surface area contributed by atoms with Crippen LogP contribution in [0.15, 0.2) is 24.5 Å². The molecule has 2 N–H and O–H groups in total. The molecule has 0 saturated carbocycles. The highest BCUT2D eigenvalue weighted by Gasteiger charge is 2.19. The molecule has 1 aliphatic rings. The Morgan fingerprint density at radius 2 is 2.06 bits per heavy atom. The minimum atomic E-state index is 0.0477. The molecule has 1 fully saturated rings. The van der Waals surface area contributed by atoms with E-state index >= 15 is 0 Å². The predicted octanol–water partition coefficient (Wildman–Crippen LogP) is 0.386. The summed E-state index contributed by atoms with van der Waals surface area (Å²) in [4.78, 5) is 17.5. The van der Waals surface area contributed by atoms with Gasteiger partial charge in [-0.25, -0.2) is 0 Å². The highest BCUT2D eigenvalue weighted by atomic mass is 16.1. The zero-order valence-electron chi connectivity index (χ0n) is 10.7. The number of piperidine rings is 1. The van der Waals surface area contributed by atoms with Crippen molar-refractivity contribution in [3.8, 4) is 0 Å². The molecule has 0 aliphatic carbocycles. The summed E-state index contributed by atoms with van der Waals surface area (Å²) in [6, 6.07) is 4.52. The van der Waals surface area contributed by atoms with Crippen molar-refractivity contribution in [1.82, 2.24) is 15.6 Å². The largest absolute Gasteiger partial charge is 0.371 e. The van der Waals surface area contributed by atoms with Crippen LogP contribution in [0.2, 0.25) is 0 Å². The molecule has 1 aromatic heterocycles. The molecule has 0 bridgehead atoms. The maximum atomic E-state index is 11.1. The Hall–Kier alpha value is -1.62. The molecule has 18 heavy (non-hydrogen) atoms. The third-order valence-corrected chi connectivity index (χ3v) is 3.35. The van der Waals surface area contributed by atoms with E-state index in [0.29, 0.717) is 12.6 Å². The number of anilines is 1. The van der Waals surface area contributed by atoms with E-state index in [1.807, 2.05) is 24.5 Å². The van der Waals surface area contributed by atoms with Crippen molar-refractivity contribution in [2.24, 2.45) is 0 Å². The first kappa shape index (κ1) is 12.8. The third kappa shape index (κ3) is 3.43. The monoisotopic (exact) mass is 248 g/mol. The van der Waals surface area contributed by atoms with E-state index in [-0.39, 0.29) is 5.91 Å². The molecule has 1 aliphatic heterocycles. The van der Waals surface area contributed by atoms with Crippen LogP contribution < -0.4 is 15.5 Å². The fourth-order valence-electron chi connectivity index (χ4n) is 2.22. The van der Waals surface area contributed by atoms with Crippen molar-refractivity contribution in [3.05, 3.63) is 24.5 Å². The van der Waals surface area contributed by atoms with Gasteiger partial charge < -0.3 is 15.5 Å². The quantitative estimate of drug-likeness (QED) is 0.809. The third-order valence-electron chi connectivity index (χ3n) is 3.35. The molecule has 0 unspecified atom stereocenters. The summed E-state index contributed by atoms with van der Waals surface area (Å²) in [6.45, 7) is 2.46. The molecular formula is C13H20N4O. The van der Waals surface area contributed by atoms with Crippen LogP contribution in [0.3, 0.4) is 0 Å². The summed E-state index contributed by atoms with van der Waals surface area (Å²) >= 11 is 0. The minimum absolute atomic E-state index is 0.0477. The van der Waals surface area contributed by atoms with Crippen LogP contribution in [-0.2, 0) is 4.79 Å². The molecule has 2 heterocycles. The number of amides is 1. The standard InChI is InChI=1S/C13H20N4O/c1-14-13(18)10-16-11-4-8-17(9-5-11)12-2-6-15-7-3-12/h2-3,6-7,11,16H,4-5,8-10H2,1H3,(H,14,18). The van der Waals surface area contributed by atoms with Gasteiger partial charge in [0.15, 0.2) is 0 Å². The second-order valence-electron chi connectivity index (χ2n) is 4.52. The molecule has 98 valence electrons. The van der Waals surface area contributed by atoms with Gasteiger partial charge in [0.05, 0.1) is 6.54 Å². The van der Waals surface area contributed by atoms with Gasteiger partial charge in [-0.2, -0.15) is 0 Å². The van der Waals surface area contributed by atoms with Crippen LogP contribution in [0, 0.1) is 0 Å². The van der Waals surface area contributed by atoms with Gasteiger partial charge in [0.1, 0.15) is 0 Å². The molecule has 5 nitrogen and oxygen atoms in total. The lowest BCUT2D eigenvalue weighted by atomic mass is 10.0.